The Hall–Kier alpha value is -3.76. The Kier molecular flexibility index (Phi) is 8.86. The number of halogens is 1. The quantitative estimate of drug-likeness (QED) is 0.148. The fourth-order valence-corrected chi connectivity index (χ4v) is 4.82. The molecule has 4 rings (SSSR count). The summed E-state index contributed by atoms with van der Waals surface area (Å²) in [7, 11) is 1.63. The van der Waals surface area contributed by atoms with E-state index in [1.54, 1.807) is 13.2 Å². The van der Waals surface area contributed by atoms with Gasteiger partial charge in [-0.15, -0.1) is 0 Å². The first-order valence-corrected chi connectivity index (χ1v) is 13.0. The van der Waals surface area contributed by atoms with E-state index in [1.165, 1.54) is 0 Å². The first-order valence-electron chi connectivity index (χ1n) is 12.2. The molecule has 2 atom stereocenters. The second-order valence-electron chi connectivity index (χ2n) is 9.01. The molecule has 0 bridgehead atoms. The minimum atomic E-state index is -0.644. The number of carbonyl (C=O) groups is 2. The van der Waals surface area contributed by atoms with Gasteiger partial charge in [0.2, 0.25) is 0 Å². The lowest BCUT2D eigenvalue weighted by atomic mass is 9.75. The van der Waals surface area contributed by atoms with Crippen molar-refractivity contribution in [1.29, 1.82) is 0 Å². The maximum absolute atomic E-state index is 14.0. The molecule has 0 saturated carbocycles. The zero-order valence-corrected chi connectivity index (χ0v) is 22.5. The third kappa shape index (κ3) is 6.72. The molecule has 4 heteroatoms. The fourth-order valence-electron chi connectivity index (χ4n) is 4.55. The van der Waals surface area contributed by atoms with Gasteiger partial charge in [-0.2, -0.15) is 0 Å². The molecule has 4 aromatic carbocycles. The number of hydrogen-bond acceptors (Lipinski definition) is 3. The van der Waals surface area contributed by atoms with Gasteiger partial charge >= 0.3 is 0 Å². The predicted octanol–water partition coefficient (Wildman–Crippen LogP) is 7.96. The molecular weight excluding hydrogens is 524 g/mol. The molecular formula is C33H29BrO3. The van der Waals surface area contributed by atoms with Crippen molar-refractivity contribution in [2.75, 3.05) is 7.11 Å². The molecule has 0 aliphatic heterocycles. The largest absolute Gasteiger partial charge is 0.497 e. The van der Waals surface area contributed by atoms with Crippen molar-refractivity contribution in [1.82, 2.24) is 0 Å². The molecule has 37 heavy (non-hydrogen) atoms. The van der Waals surface area contributed by atoms with E-state index < -0.39 is 11.8 Å². The molecule has 0 amide bonds. The van der Waals surface area contributed by atoms with Crippen LogP contribution in [0.5, 0.6) is 5.75 Å². The number of benzene rings is 4. The van der Waals surface area contributed by atoms with Crippen LogP contribution < -0.4 is 4.74 Å². The second kappa shape index (κ2) is 12.5. The van der Waals surface area contributed by atoms with Gasteiger partial charge in [0.15, 0.2) is 11.6 Å². The van der Waals surface area contributed by atoms with Crippen LogP contribution in [0.4, 0.5) is 0 Å². The van der Waals surface area contributed by atoms with E-state index in [0.29, 0.717) is 12.0 Å². The maximum Gasteiger partial charge on any atom is 0.167 e. The van der Waals surface area contributed by atoms with Crippen molar-refractivity contribution >= 4 is 33.1 Å². The highest BCUT2D eigenvalue weighted by atomic mass is 79.9. The maximum atomic E-state index is 14.0. The molecule has 0 N–H and O–H groups in total. The van der Waals surface area contributed by atoms with Gasteiger partial charge in [-0.1, -0.05) is 101 Å². The molecule has 0 spiro atoms. The SMILES string of the molecule is COc1ccc(/C(C)=C/C(=O)[C@@H](c2ccc(Br)cc2)C(Cc2ccccc2)C(=O)c2ccccc2)cc1. The first kappa shape index (κ1) is 26.3. The predicted molar refractivity (Wildman–Crippen MR) is 153 cm³/mol. The lowest BCUT2D eigenvalue weighted by Crippen LogP contribution is -2.30. The van der Waals surface area contributed by atoms with Gasteiger partial charge in [0.1, 0.15) is 5.75 Å². The number of rotatable bonds is 10. The minimum absolute atomic E-state index is 0.0405. The van der Waals surface area contributed by atoms with Crippen LogP contribution in [-0.4, -0.2) is 18.7 Å². The van der Waals surface area contributed by atoms with E-state index in [4.69, 9.17) is 4.74 Å². The van der Waals surface area contributed by atoms with Crippen LogP contribution in [0.15, 0.2) is 120 Å². The average Bonchev–Trinajstić information content (AvgIpc) is 2.94. The highest BCUT2D eigenvalue weighted by Gasteiger charge is 2.34. The summed E-state index contributed by atoms with van der Waals surface area (Å²) < 4.78 is 6.18. The Bertz CT molecular complexity index is 1360. The molecule has 0 saturated heterocycles. The smallest absolute Gasteiger partial charge is 0.167 e. The highest BCUT2D eigenvalue weighted by Crippen LogP contribution is 2.34. The normalized spacial score (nSPS) is 13.0. The molecule has 0 fully saturated rings. The molecule has 3 nitrogen and oxygen atoms in total. The molecule has 0 heterocycles. The number of carbonyl (C=O) groups excluding carboxylic acids is 2. The van der Waals surface area contributed by atoms with Crippen molar-refractivity contribution in [2.45, 2.75) is 19.3 Å². The summed E-state index contributed by atoms with van der Waals surface area (Å²) in [5.41, 5.74) is 4.20. The van der Waals surface area contributed by atoms with E-state index in [-0.39, 0.29) is 11.6 Å². The molecule has 0 aliphatic carbocycles. The number of allylic oxidation sites excluding steroid dienone is 2. The van der Waals surface area contributed by atoms with E-state index in [9.17, 15) is 9.59 Å². The summed E-state index contributed by atoms with van der Waals surface area (Å²) in [4.78, 5) is 28.0. The Morgan fingerprint density at radius 2 is 1.38 bits per heavy atom. The number of hydrogen-bond donors (Lipinski definition) is 0. The van der Waals surface area contributed by atoms with E-state index in [1.807, 2.05) is 116 Å². The van der Waals surface area contributed by atoms with Crippen LogP contribution >= 0.6 is 15.9 Å². The summed E-state index contributed by atoms with van der Waals surface area (Å²) in [6.45, 7) is 1.92. The summed E-state index contributed by atoms with van der Waals surface area (Å²) in [6, 6.07) is 34.5. The summed E-state index contributed by atoms with van der Waals surface area (Å²) in [5.74, 6) is -0.596. The van der Waals surface area contributed by atoms with Gasteiger partial charge in [-0.25, -0.2) is 0 Å². The third-order valence-corrected chi connectivity index (χ3v) is 7.06. The van der Waals surface area contributed by atoms with Gasteiger partial charge < -0.3 is 4.74 Å². The number of ketones is 2. The van der Waals surface area contributed by atoms with Crippen molar-refractivity contribution in [3.63, 3.8) is 0 Å². The Balaban J connectivity index is 1.79. The lowest BCUT2D eigenvalue weighted by Gasteiger charge is -2.26. The van der Waals surface area contributed by atoms with Crippen LogP contribution in [0.1, 0.15) is 39.9 Å². The van der Waals surface area contributed by atoms with Crippen LogP contribution in [0.25, 0.3) is 5.57 Å². The van der Waals surface area contributed by atoms with Gasteiger partial charge in [0.25, 0.3) is 0 Å². The van der Waals surface area contributed by atoms with Crippen molar-refractivity contribution < 1.29 is 14.3 Å². The average molecular weight is 553 g/mol. The molecule has 0 radical (unpaired) electrons. The van der Waals surface area contributed by atoms with Crippen molar-refractivity contribution in [2.24, 2.45) is 5.92 Å². The Labute approximate surface area is 227 Å². The number of methoxy groups -OCH3 is 1. The van der Waals surface area contributed by atoms with Gasteiger partial charge in [0, 0.05) is 16.0 Å². The summed E-state index contributed by atoms with van der Waals surface area (Å²) in [5, 5.41) is 0. The van der Waals surface area contributed by atoms with E-state index in [0.717, 1.165) is 32.5 Å². The fraction of sp³-hybridized carbons (Fsp3) is 0.152. The zero-order valence-electron chi connectivity index (χ0n) is 20.9. The lowest BCUT2D eigenvalue weighted by molar-refractivity contribution is -0.116. The molecule has 1 unspecified atom stereocenters. The molecule has 4 aromatic rings. The third-order valence-electron chi connectivity index (χ3n) is 6.54. The molecule has 186 valence electrons. The summed E-state index contributed by atoms with van der Waals surface area (Å²) in [6.07, 6.45) is 2.13. The van der Waals surface area contributed by atoms with Crippen LogP contribution in [0.2, 0.25) is 0 Å². The van der Waals surface area contributed by atoms with E-state index in [2.05, 4.69) is 15.9 Å². The van der Waals surface area contributed by atoms with Crippen molar-refractivity contribution in [3.8, 4) is 5.75 Å². The second-order valence-corrected chi connectivity index (χ2v) is 9.93. The minimum Gasteiger partial charge on any atom is -0.497 e. The first-order chi connectivity index (χ1) is 18.0. The van der Waals surface area contributed by atoms with Crippen LogP contribution in [0.3, 0.4) is 0 Å². The zero-order chi connectivity index (χ0) is 26.2. The Morgan fingerprint density at radius 3 is 1.97 bits per heavy atom. The summed E-state index contributed by atoms with van der Waals surface area (Å²) >= 11 is 3.50. The van der Waals surface area contributed by atoms with Gasteiger partial charge in [0.05, 0.1) is 13.0 Å². The Morgan fingerprint density at radius 1 is 0.784 bits per heavy atom. The van der Waals surface area contributed by atoms with Crippen molar-refractivity contribution in [3.05, 3.63) is 142 Å². The topological polar surface area (TPSA) is 43.4 Å². The number of Topliss-reactive ketones (excluding diaryl/α,β-unsaturated/α-hetero) is 1. The molecule has 0 aromatic heterocycles. The van der Waals surface area contributed by atoms with Gasteiger partial charge in [-0.3, -0.25) is 9.59 Å². The van der Waals surface area contributed by atoms with Crippen LogP contribution in [-0.2, 0) is 11.2 Å². The van der Waals surface area contributed by atoms with E-state index >= 15 is 0 Å². The molecule has 0 aliphatic rings. The monoisotopic (exact) mass is 552 g/mol. The van der Waals surface area contributed by atoms with Gasteiger partial charge in [-0.05, 0) is 65.9 Å². The standard InChI is InChI=1S/C33H29BrO3/c1-23(25-15-19-29(37-2)20-16-25)21-31(35)32(26-13-17-28(34)18-14-26)30(22-24-9-5-3-6-10-24)33(36)27-11-7-4-8-12-27/h3-21,30,32H,22H2,1-2H3/b23-21+/t30?,32-/m0/s1. The van der Waals surface area contributed by atoms with Crippen LogP contribution in [0, 0.1) is 5.92 Å². The highest BCUT2D eigenvalue weighted by molar-refractivity contribution is 9.10. The number of ether oxygens (including phenoxy) is 1.